The fourth-order valence-corrected chi connectivity index (χ4v) is 2.27. The van der Waals surface area contributed by atoms with Crippen LogP contribution in [0.2, 0.25) is 0 Å². The third kappa shape index (κ3) is 1.80. The lowest BCUT2D eigenvalue weighted by Crippen LogP contribution is -2.54. The molecule has 70 valence electrons. The summed E-state index contributed by atoms with van der Waals surface area (Å²) >= 11 is 0. The minimum atomic E-state index is -0.383. The first kappa shape index (κ1) is 7.34. The molecule has 0 spiro atoms. The Morgan fingerprint density at radius 3 is 3.08 bits per heavy atom. The lowest BCUT2D eigenvalue weighted by molar-refractivity contribution is 0.110. The average Bonchev–Trinajstić information content (AvgIpc) is 2.27. The predicted molar refractivity (Wildman–Crippen MR) is 51.0 cm³/mol. The zero-order valence-electron chi connectivity index (χ0n) is 8.97. The van der Waals surface area contributed by atoms with Crippen LogP contribution in [0.1, 0.15) is 40.4 Å². The molecule has 0 radical (unpaired) electrons. The Labute approximate surface area is 76.7 Å². The van der Waals surface area contributed by atoms with Crippen molar-refractivity contribution < 1.29 is 1.37 Å². The first-order valence-corrected chi connectivity index (χ1v) is 5.19. The zero-order valence-corrected chi connectivity index (χ0v) is 7.97. The summed E-state index contributed by atoms with van der Waals surface area (Å²) in [6.45, 7) is 4.33. The van der Waals surface area contributed by atoms with E-state index in [1.165, 1.54) is 32.2 Å². The Morgan fingerprint density at radius 1 is 1.25 bits per heavy atom. The van der Waals surface area contributed by atoms with Crippen LogP contribution in [0.15, 0.2) is 0 Å². The van der Waals surface area contributed by atoms with Gasteiger partial charge in [0.15, 0.2) is 0 Å². The van der Waals surface area contributed by atoms with E-state index in [4.69, 9.17) is 1.37 Å². The van der Waals surface area contributed by atoms with Gasteiger partial charge in [-0.3, -0.25) is 10.2 Å². The van der Waals surface area contributed by atoms with Crippen molar-refractivity contribution in [3.05, 3.63) is 0 Å². The van der Waals surface area contributed by atoms with Gasteiger partial charge in [-0.2, -0.15) is 0 Å². The van der Waals surface area contributed by atoms with Gasteiger partial charge in [-0.05, 0) is 32.7 Å². The maximum Gasteiger partial charge on any atom is 0.0599 e. The summed E-state index contributed by atoms with van der Waals surface area (Å²) in [5, 5.41) is 3.43. The van der Waals surface area contributed by atoms with Gasteiger partial charge in [-0.1, -0.05) is 12.8 Å². The van der Waals surface area contributed by atoms with Crippen LogP contribution in [0, 0.1) is 0 Å². The lowest BCUT2D eigenvalue weighted by atomic mass is 10.1. The average molecular weight is 169 g/mol. The number of hydrogen-bond donors (Lipinski definition) is 1. The van der Waals surface area contributed by atoms with Crippen molar-refractivity contribution in [2.45, 2.75) is 51.2 Å². The van der Waals surface area contributed by atoms with Crippen LogP contribution >= 0.6 is 0 Å². The quantitative estimate of drug-likeness (QED) is 0.592. The number of fused-ring (bicyclic) bond motifs is 1. The fourth-order valence-electron chi connectivity index (χ4n) is 2.27. The van der Waals surface area contributed by atoms with Crippen molar-refractivity contribution in [1.29, 1.82) is 0 Å². The van der Waals surface area contributed by atoms with E-state index in [1.807, 2.05) is 6.92 Å². The molecule has 2 saturated heterocycles. The molecule has 2 aliphatic heterocycles. The highest BCUT2D eigenvalue weighted by atomic mass is 15.3. The van der Waals surface area contributed by atoms with Gasteiger partial charge in [0.1, 0.15) is 0 Å². The van der Waals surface area contributed by atoms with Crippen LogP contribution in [-0.2, 0) is 0 Å². The molecule has 2 rings (SSSR count). The summed E-state index contributed by atoms with van der Waals surface area (Å²) in [5.74, 6) is 0. The van der Waals surface area contributed by atoms with Crippen molar-refractivity contribution >= 4 is 0 Å². The molecule has 2 nitrogen and oxygen atoms in total. The third-order valence-electron chi connectivity index (χ3n) is 3.05. The number of hydrogen-bond acceptors (Lipinski definition) is 2. The minimum Gasteiger partial charge on any atom is -0.299 e. The van der Waals surface area contributed by atoms with E-state index in [0.29, 0.717) is 6.17 Å². The molecule has 0 aromatic carbocycles. The first-order chi connectivity index (χ1) is 6.17. The first-order valence-electron chi connectivity index (χ1n) is 5.69. The molecule has 12 heavy (non-hydrogen) atoms. The van der Waals surface area contributed by atoms with E-state index in [-0.39, 0.29) is 6.02 Å². The fraction of sp³-hybridized carbons (Fsp3) is 1.00. The predicted octanol–water partition coefficient (Wildman–Crippen LogP) is 1.57. The van der Waals surface area contributed by atoms with E-state index in [0.717, 1.165) is 13.0 Å². The molecular weight excluding hydrogens is 148 g/mol. The van der Waals surface area contributed by atoms with Gasteiger partial charge in [0.25, 0.3) is 0 Å². The maximum atomic E-state index is 7.98. The molecule has 0 bridgehead atoms. The molecule has 0 saturated carbocycles. The van der Waals surface area contributed by atoms with Crippen LogP contribution in [0.3, 0.4) is 0 Å². The highest BCUT2D eigenvalue weighted by Gasteiger charge is 2.25. The summed E-state index contributed by atoms with van der Waals surface area (Å²) in [7, 11) is 0. The van der Waals surface area contributed by atoms with E-state index in [2.05, 4.69) is 10.2 Å². The second-order valence-corrected chi connectivity index (χ2v) is 4.08. The van der Waals surface area contributed by atoms with Crippen LogP contribution in [0.25, 0.3) is 0 Å². The molecule has 0 aromatic rings. The van der Waals surface area contributed by atoms with Crippen molar-refractivity contribution in [3.8, 4) is 0 Å². The molecule has 0 aromatic heterocycles. The van der Waals surface area contributed by atoms with Crippen LogP contribution in [0.5, 0.6) is 0 Å². The topological polar surface area (TPSA) is 15.3 Å². The third-order valence-corrected chi connectivity index (χ3v) is 3.05. The van der Waals surface area contributed by atoms with Gasteiger partial charge in [0.2, 0.25) is 0 Å². The van der Waals surface area contributed by atoms with Crippen molar-refractivity contribution in [2.24, 2.45) is 0 Å². The number of nitrogens with one attached hydrogen (secondary N) is 1. The zero-order chi connectivity index (χ0) is 9.31. The molecule has 2 heteroatoms. The Balaban J connectivity index is 2.00. The van der Waals surface area contributed by atoms with Gasteiger partial charge in [-0.15, -0.1) is 0 Å². The highest BCUT2D eigenvalue weighted by Crippen LogP contribution is 2.19. The molecule has 0 aliphatic carbocycles. The normalized spacial score (nSPS) is 46.1. The summed E-state index contributed by atoms with van der Waals surface area (Å²) < 4.78 is 7.98. The monoisotopic (exact) mass is 169 g/mol. The van der Waals surface area contributed by atoms with Gasteiger partial charge in [-0.25, -0.2) is 0 Å². The smallest absolute Gasteiger partial charge is 0.0599 e. The summed E-state index contributed by atoms with van der Waals surface area (Å²) in [6.07, 6.45) is 6.71. The second-order valence-electron chi connectivity index (χ2n) is 4.08. The Morgan fingerprint density at radius 2 is 2.17 bits per heavy atom. The maximum absolute atomic E-state index is 7.98. The molecular formula is C10H20N2. The summed E-state index contributed by atoms with van der Waals surface area (Å²) in [6, 6.07) is -0.383. The van der Waals surface area contributed by atoms with Gasteiger partial charge >= 0.3 is 0 Å². The SMILES string of the molecule is [2H][C@]1(C)CCN2CCCCCC2N1. The minimum absolute atomic E-state index is 0.383. The standard InChI is InChI=1S/C10H20N2/c1-9-6-8-12-7-4-2-3-5-10(12)11-9/h9-11H,2-8H2,1H3/t9-,10?/m0/s1/i9D. The van der Waals surface area contributed by atoms with E-state index < -0.39 is 0 Å². The lowest BCUT2D eigenvalue weighted by Gasteiger charge is -2.38. The molecule has 2 aliphatic rings. The van der Waals surface area contributed by atoms with E-state index >= 15 is 0 Å². The molecule has 1 N–H and O–H groups in total. The Kier molecular flexibility index (Phi) is 2.29. The van der Waals surface area contributed by atoms with Crippen molar-refractivity contribution in [2.75, 3.05) is 13.1 Å². The van der Waals surface area contributed by atoms with Crippen molar-refractivity contribution in [1.82, 2.24) is 10.2 Å². The molecule has 0 amide bonds. The molecule has 2 heterocycles. The Bertz CT molecular complexity index is 182. The van der Waals surface area contributed by atoms with E-state index in [9.17, 15) is 0 Å². The van der Waals surface area contributed by atoms with Crippen molar-refractivity contribution in [3.63, 3.8) is 0 Å². The summed E-state index contributed by atoms with van der Waals surface area (Å²) in [4.78, 5) is 2.52. The van der Waals surface area contributed by atoms with Crippen LogP contribution in [0.4, 0.5) is 0 Å². The van der Waals surface area contributed by atoms with Gasteiger partial charge < -0.3 is 0 Å². The van der Waals surface area contributed by atoms with Gasteiger partial charge in [0, 0.05) is 13.9 Å². The molecule has 2 fully saturated rings. The van der Waals surface area contributed by atoms with E-state index in [1.54, 1.807) is 0 Å². The van der Waals surface area contributed by atoms with Gasteiger partial charge in [0.05, 0.1) is 6.17 Å². The highest BCUT2D eigenvalue weighted by molar-refractivity contribution is 4.81. The second kappa shape index (κ2) is 3.75. The molecule has 2 atom stereocenters. The number of rotatable bonds is 0. The molecule has 1 unspecified atom stereocenters. The largest absolute Gasteiger partial charge is 0.299 e. The Hall–Kier alpha value is -0.0800. The van der Waals surface area contributed by atoms with Crippen LogP contribution < -0.4 is 5.32 Å². The number of nitrogens with zero attached hydrogens (tertiary/aromatic N) is 1. The summed E-state index contributed by atoms with van der Waals surface area (Å²) in [5.41, 5.74) is 0. The van der Waals surface area contributed by atoms with Crippen LogP contribution in [-0.4, -0.2) is 30.2 Å².